The molecule has 1 saturated heterocycles. The Morgan fingerprint density at radius 2 is 1.68 bits per heavy atom. The Bertz CT molecular complexity index is 462. The van der Waals surface area contributed by atoms with E-state index in [0.717, 1.165) is 19.3 Å². The number of hydrogen-bond donors (Lipinski definition) is 3. The topological polar surface area (TPSA) is 116 Å². The standard InChI is InChI=1S/C17H30N2O6/c1-4-25-17(24)14(21)13(20)15(22)18-12(10-11(2)3)16(23)19-8-6-5-7-9-19/h11-14,20-21H,4-10H2,1-3H3,(H,18,22)/t12-,13-,14-/m0/s1. The molecular weight excluding hydrogens is 328 g/mol. The third kappa shape index (κ3) is 6.62. The Morgan fingerprint density at radius 1 is 1.08 bits per heavy atom. The van der Waals surface area contributed by atoms with E-state index >= 15 is 0 Å². The smallest absolute Gasteiger partial charge is 0.338 e. The molecule has 0 aromatic heterocycles. The molecular formula is C17H30N2O6. The molecule has 1 fully saturated rings. The number of nitrogens with one attached hydrogen (secondary N) is 1. The monoisotopic (exact) mass is 358 g/mol. The Hall–Kier alpha value is -1.67. The first-order chi connectivity index (χ1) is 11.8. The molecule has 144 valence electrons. The van der Waals surface area contributed by atoms with Crippen LogP contribution in [-0.2, 0) is 19.1 Å². The molecule has 3 N–H and O–H groups in total. The van der Waals surface area contributed by atoms with E-state index in [1.54, 1.807) is 11.8 Å². The highest BCUT2D eigenvalue weighted by Gasteiger charge is 2.35. The van der Waals surface area contributed by atoms with Gasteiger partial charge in [-0.3, -0.25) is 9.59 Å². The summed E-state index contributed by atoms with van der Waals surface area (Å²) in [6.45, 7) is 6.72. The lowest BCUT2D eigenvalue weighted by Gasteiger charge is -2.32. The molecule has 0 spiro atoms. The molecule has 1 heterocycles. The molecule has 2 amide bonds. The number of hydrogen-bond acceptors (Lipinski definition) is 6. The fourth-order valence-electron chi connectivity index (χ4n) is 2.78. The van der Waals surface area contributed by atoms with Crippen LogP contribution in [0, 0.1) is 5.92 Å². The van der Waals surface area contributed by atoms with Crippen molar-refractivity contribution in [3.05, 3.63) is 0 Å². The van der Waals surface area contributed by atoms with Gasteiger partial charge in [-0.05, 0) is 38.5 Å². The fourth-order valence-corrected chi connectivity index (χ4v) is 2.78. The maximum atomic E-state index is 12.7. The van der Waals surface area contributed by atoms with Crippen LogP contribution in [0.25, 0.3) is 0 Å². The van der Waals surface area contributed by atoms with Crippen LogP contribution >= 0.6 is 0 Å². The summed E-state index contributed by atoms with van der Waals surface area (Å²) in [5.41, 5.74) is 0. The molecule has 0 saturated carbocycles. The Labute approximate surface area is 148 Å². The lowest BCUT2D eigenvalue weighted by molar-refractivity contribution is -0.163. The number of aliphatic hydroxyl groups excluding tert-OH is 2. The van der Waals surface area contributed by atoms with Gasteiger partial charge in [-0.1, -0.05) is 13.8 Å². The second-order valence-corrected chi connectivity index (χ2v) is 6.72. The van der Waals surface area contributed by atoms with E-state index in [2.05, 4.69) is 10.1 Å². The van der Waals surface area contributed by atoms with Gasteiger partial charge in [0.1, 0.15) is 6.04 Å². The van der Waals surface area contributed by atoms with Gasteiger partial charge in [0, 0.05) is 13.1 Å². The van der Waals surface area contributed by atoms with Crippen molar-refractivity contribution in [3.8, 4) is 0 Å². The van der Waals surface area contributed by atoms with Gasteiger partial charge in [0.15, 0.2) is 12.2 Å². The van der Waals surface area contributed by atoms with Gasteiger partial charge in [0.05, 0.1) is 6.61 Å². The molecule has 0 aromatic carbocycles. The summed E-state index contributed by atoms with van der Waals surface area (Å²) in [5.74, 6) is -2.09. The van der Waals surface area contributed by atoms with Crippen LogP contribution in [0.2, 0.25) is 0 Å². The molecule has 1 rings (SSSR count). The van der Waals surface area contributed by atoms with E-state index < -0.39 is 30.1 Å². The molecule has 3 atom stereocenters. The average molecular weight is 358 g/mol. The van der Waals surface area contributed by atoms with Gasteiger partial charge >= 0.3 is 5.97 Å². The van der Waals surface area contributed by atoms with Gasteiger partial charge in [0.2, 0.25) is 5.91 Å². The molecule has 0 unspecified atom stereocenters. The van der Waals surface area contributed by atoms with Gasteiger partial charge in [0.25, 0.3) is 5.91 Å². The van der Waals surface area contributed by atoms with Crippen molar-refractivity contribution in [2.75, 3.05) is 19.7 Å². The number of nitrogens with zero attached hydrogens (tertiary/aromatic N) is 1. The normalized spacial score (nSPS) is 18.4. The van der Waals surface area contributed by atoms with Crippen molar-refractivity contribution in [3.63, 3.8) is 0 Å². The highest BCUT2D eigenvalue weighted by molar-refractivity contribution is 5.92. The number of aliphatic hydroxyl groups is 2. The number of ether oxygens (including phenoxy) is 1. The molecule has 0 bridgehead atoms. The number of piperidine rings is 1. The second-order valence-electron chi connectivity index (χ2n) is 6.72. The molecule has 8 nitrogen and oxygen atoms in total. The van der Waals surface area contributed by atoms with Crippen molar-refractivity contribution < 1.29 is 29.3 Å². The van der Waals surface area contributed by atoms with Crippen molar-refractivity contribution in [1.29, 1.82) is 0 Å². The molecule has 0 aliphatic carbocycles. The van der Waals surface area contributed by atoms with Crippen LogP contribution in [0.5, 0.6) is 0 Å². The van der Waals surface area contributed by atoms with Crippen molar-refractivity contribution in [1.82, 2.24) is 10.2 Å². The van der Waals surface area contributed by atoms with E-state index in [1.807, 2.05) is 13.8 Å². The molecule has 1 aliphatic heterocycles. The highest BCUT2D eigenvalue weighted by atomic mass is 16.5. The molecule has 1 aliphatic rings. The first-order valence-electron chi connectivity index (χ1n) is 8.89. The van der Waals surface area contributed by atoms with Crippen molar-refractivity contribution >= 4 is 17.8 Å². The Kier molecular flexibility index (Phi) is 8.85. The summed E-state index contributed by atoms with van der Waals surface area (Å²) < 4.78 is 4.58. The fraction of sp³-hybridized carbons (Fsp3) is 0.824. The summed E-state index contributed by atoms with van der Waals surface area (Å²) in [6.07, 6.45) is -0.623. The maximum Gasteiger partial charge on any atom is 0.338 e. The predicted octanol–water partition coefficient (Wildman–Crippen LogP) is -0.185. The number of rotatable bonds is 8. The first-order valence-corrected chi connectivity index (χ1v) is 8.89. The quantitative estimate of drug-likeness (QED) is 0.518. The van der Waals surface area contributed by atoms with E-state index in [4.69, 9.17) is 0 Å². The van der Waals surface area contributed by atoms with Crippen LogP contribution in [0.15, 0.2) is 0 Å². The largest absolute Gasteiger partial charge is 0.464 e. The first kappa shape index (κ1) is 21.4. The molecule has 0 aromatic rings. The zero-order valence-corrected chi connectivity index (χ0v) is 15.2. The summed E-state index contributed by atoms with van der Waals surface area (Å²) in [6, 6.07) is -0.797. The molecule has 0 radical (unpaired) electrons. The van der Waals surface area contributed by atoms with Gasteiger partial charge < -0.3 is 25.2 Å². The number of esters is 1. The second kappa shape index (κ2) is 10.4. The van der Waals surface area contributed by atoms with E-state index in [0.29, 0.717) is 19.5 Å². The predicted molar refractivity (Wildman–Crippen MR) is 90.5 cm³/mol. The lowest BCUT2D eigenvalue weighted by atomic mass is 10.0. The molecule has 8 heteroatoms. The van der Waals surface area contributed by atoms with E-state index in [-0.39, 0.29) is 18.4 Å². The molecule has 25 heavy (non-hydrogen) atoms. The maximum absolute atomic E-state index is 12.7. The minimum absolute atomic E-state index is 0.0215. The van der Waals surface area contributed by atoms with Gasteiger partial charge in [-0.15, -0.1) is 0 Å². The van der Waals surface area contributed by atoms with Crippen molar-refractivity contribution in [2.24, 2.45) is 5.92 Å². The van der Waals surface area contributed by atoms with Crippen LogP contribution in [0.3, 0.4) is 0 Å². The van der Waals surface area contributed by atoms with Gasteiger partial charge in [-0.25, -0.2) is 4.79 Å². The third-order valence-electron chi connectivity index (χ3n) is 4.09. The number of likely N-dealkylation sites (tertiary alicyclic amines) is 1. The van der Waals surface area contributed by atoms with E-state index in [1.165, 1.54) is 0 Å². The average Bonchev–Trinajstić information content (AvgIpc) is 2.59. The number of carbonyl (C=O) groups excluding carboxylic acids is 3. The summed E-state index contributed by atoms with van der Waals surface area (Å²) in [4.78, 5) is 38.0. The number of carbonyl (C=O) groups is 3. The van der Waals surface area contributed by atoms with Crippen LogP contribution in [-0.4, -0.2) is 70.8 Å². The Balaban J connectivity index is 2.74. The Morgan fingerprint density at radius 3 is 2.20 bits per heavy atom. The zero-order valence-electron chi connectivity index (χ0n) is 15.2. The van der Waals surface area contributed by atoms with Crippen LogP contribution in [0.1, 0.15) is 46.5 Å². The SMILES string of the molecule is CCOC(=O)[C@@H](O)[C@H](O)C(=O)N[C@@H](CC(C)C)C(=O)N1CCCCC1. The third-order valence-corrected chi connectivity index (χ3v) is 4.09. The summed E-state index contributed by atoms with van der Waals surface area (Å²) in [5, 5.41) is 22.0. The minimum Gasteiger partial charge on any atom is -0.464 e. The van der Waals surface area contributed by atoms with Crippen LogP contribution in [0.4, 0.5) is 0 Å². The van der Waals surface area contributed by atoms with Crippen LogP contribution < -0.4 is 5.32 Å². The minimum atomic E-state index is -1.98. The van der Waals surface area contributed by atoms with Crippen molar-refractivity contribution in [2.45, 2.75) is 64.7 Å². The zero-order chi connectivity index (χ0) is 19.0. The van der Waals surface area contributed by atoms with Gasteiger partial charge in [-0.2, -0.15) is 0 Å². The highest BCUT2D eigenvalue weighted by Crippen LogP contribution is 2.14. The lowest BCUT2D eigenvalue weighted by Crippen LogP contribution is -2.55. The number of amides is 2. The van der Waals surface area contributed by atoms with E-state index in [9.17, 15) is 24.6 Å². The summed E-state index contributed by atoms with van der Waals surface area (Å²) in [7, 11) is 0. The summed E-state index contributed by atoms with van der Waals surface area (Å²) >= 11 is 0.